The lowest BCUT2D eigenvalue weighted by atomic mass is 10.1. The number of hydrogen-bond acceptors (Lipinski definition) is 5. The predicted molar refractivity (Wildman–Crippen MR) is 108 cm³/mol. The lowest BCUT2D eigenvalue weighted by Gasteiger charge is -2.21. The van der Waals surface area contributed by atoms with Crippen LogP contribution in [0.3, 0.4) is 0 Å². The molecule has 7 heteroatoms. The maximum atomic E-state index is 6.26. The van der Waals surface area contributed by atoms with E-state index in [1.165, 1.54) is 0 Å². The van der Waals surface area contributed by atoms with Gasteiger partial charge in [-0.05, 0) is 51.1 Å². The van der Waals surface area contributed by atoms with Crippen molar-refractivity contribution in [2.45, 2.75) is 26.3 Å². The molecule has 0 unspecified atom stereocenters. The van der Waals surface area contributed by atoms with Crippen LogP contribution in [-0.2, 0) is 0 Å². The molecule has 0 aliphatic heterocycles. The Morgan fingerprint density at radius 3 is 2.38 bits per heavy atom. The molecule has 0 atom stereocenters. The molecule has 0 bridgehead atoms. The minimum Gasteiger partial charge on any atom is -0.350 e. The summed E-state index contributed by atoms with van der Waals surface area (Å²) < 4.78 is 0. The van der Waals surface area contributed by atoms with Crippen molar-refractivity contribution in [3.8, 4) is 11.4 Å². The zero-order valence-electron chi connectivity index (χ0n) is 14.7. The largest absolute Gasteiger partial charge is 0.350 e. The highest BCUT2D eigenvalue weighted by Crippen LogP contribution is 2.29. The number of hydrogen-bond donors (Lipinski definition) is 2. The fourth-order valence-corrected chi connectivity index (χ4v) is 2.73. The van der Waals surface area contributed by atoms with Crippen LogP contribution in [0.5, 0.6) is 0 Å². The zero-order chi connectivity index (χ0) is 18.7. The molecule has 0 aliphatic rings. The second-order valence-corrected chi connectivity index (χ2v) is 7.64. The van der Waals surface area contributed by atoms with Gasteiger partial charge in [0, 0.05) is 22.8 Å². The van der Waals surface area contributed by atoms with Gasteiger partial charge in [-0.3, -0.25) is 4.98 Å². The second kappa shape index (κ2) is 7.48. The fraction of sp³-hybridized carbons (Fsp3) is 0.211. The third-order valence-corrected chi connectivity index (χ3v) is 3.88. The van der Waals surface area contributed by atoms with Gasteiger partial charge in [0.25, 0.3) is 0 Å². The van der Waals surface area contributed by atoms with E-state index >= 15 is 0 Å². The maximum Gasteiger partial charge on any atom is 0.225 e. The third kappa shape index (κ3) is 4.84. The number of halogens is 2. The molecule has 3 aromatic rings. The quantitative estimate of drug-likeness (QED) is 0.592. The van der Waals surface area contributed by atoms with Crippen LogP contribution in [0.4, 0.5) is 17.5 Å². The Hall–Kier alpha value is -2.37. The van der Waals surface area contributed by atoms with Crippen molar-refractivity contribution in [1.82, 2.24) is 15.0 Å². The molecule has 0 saturated carbocycles. The first-order valence-corrected chi connectivity index (χ1v) is 8.86. The Balaban J connectivity index is 2.01. The molecule has 0 spiro atoms. The van der Waals surface area contributed by atoms with Crippen molar-refractivity contribution in [3.05, 3.63) is 58.7 Å². The van der Waals surface area contributed by atoms with Gasteiger partial charge in [0.2, 0.25) is 5.95 Å². The van der Waals surface area contributed by atoms with E-state index in [0.29, 0.717) is 33.2 Å². The van der Waals surface area contributed by atoms with E-state index in [2.05, 4.69) is 25.6 Å². The number of rotatable bonds is 4. The zero-order valence-corrected chi connectivity index (χ0v) is 16.2. The Morgan fingerprint density at radius 1 is 0.923 bits per heavy atom. The normalized spacial score (nSPS) is 11.3. The molecular formula is C19H19Cl2N5. The van der Waals surface area contributed by atoms with Gasteiger partial charge < -0.3 is 10.6 Å². The highest BCUT2D eigenvalue weighted by atomic mass is 35.5. The van der Waals surface area contributed by atoms with Gasteiger partial charge in [0.1, 0.15) is 5.82 Å². The number of nitrogens with one attached hydrogen (secondary N) is 2. The van der Waals surface area contributed by atoms with Crippen LogP contribution in [0.15, 0.2) is 48.7 Å². The summed E-state index contributed by atoms with van der Waals surface area (Å²) in [4.78, 5) is 13.5. The average molecular weight is 388 g/mol. The Labute approximate surface area is 162 Å². The van der Waals surface area contributed by atoms with Crippen molar-refractivity contribution in [3.63, 3.8) is 0 Å². The number of anilines is 3. The van der Waals surface area contributed by atoms with Crippen molar-refractivity contribution in [2.24, 2.45) is 0 Å². The van der Waals surface area contributed by atoms with E-state index in [4.69, 9.17) is 23.2 Å². The molecule has 0 amide bonds. The molecule has 134 valence electrons. The Bertz CT molecular complexity index is 908. The van der Waals surface area contributed by atoms with Gasteiger partial charge in [-0.15, -0.1) is 0 Å². The van der Waals surface area contributed by atoms with E-state index in [0.717, 1.165) is 5.69 Å². The van der Waals surface area contributed by atoms with Gasteiger partial charge in [-0.25, -0.2) is 4.98 Å². The molecule has 2 heterocycles. The summed E-state index contributed by atoms with van der Waals surface area (Å²) in [6, 6.07) is 12.8. The smallest absolute Gasteiger partial charge is 0.225 e. The summed E-state index contributed by atoms with van der Waals surface area (Å²) in [6.45, 7) is 6.15. The monoisotopic (exact) mass is 387 g/mol. The SMILES string of the molecule is CC(C)(C)Nc1nc(Nc2ccc(Cl)cc2Cl)cc(-c2ccccn2)n1. The number of benzene rings is 1. The van der Waals surface area contributed by atoms with Crippen LogP contribution in [0.2, 0.25) is 10.0 Å². The molecule has 0 fully saturated rings. The van der Waals surface area contributed by atoms with Crippen molar-refractivity contribution >= 4 is 40.7 Å². The van der Waals surface area contributed by atoms with Crippen LogP contribution in [0.1, 0.15) is 20.8 Å². The topological polar surface area (TPSA) is 62.7 Å². The molecule has 0 aliphatic carbocycles. The third-order valence-electron chi connectivity index (χ3n) is 3.33. The van der Waals surface area contributed by atoms with E-state index < -0.39 is 0 Å². The first kappa shape index (κ1) is 18.4. The van der Waals surface area contributed by atoms with Crippen molar-refractivity contribution in [1.29, 1.82) is 0 Å². The second-order valence-electron chi connectivity index (χ2n) is 6.80. The Kier molecular flexibility index (Phi) is 5.30. The summed E-state index contributed by atoms with van der Waals surface area (Å²) in [5.41, 5.74) is 2.00. The predicted octanol–water partition coefficient (Wildman–Crippen LogP) is 5.80. The van der Waals surface area contributed by atoms with Crippen molar-refractivity contribution < 1.29 is 0 Å². The summed E-state index contributed by atoms with van der Waals surface area (Å²) in [5.74, 6) is 1.12. The lowest BCUT2D eigenvalue weighted by Crippen LogP contribution is -2.27. The number of aromatic nitrogens is 3. The van der Waals surface area contributed by atoms with Crippen LogP contribution < -0.4 is 10.6 Å². The summed E-state index contributed by atoms with van der Waals surface area (Å²) >= 11 is 12.2. The van der Waals surface area contributed by atoms with Gasteiger partial charge in [0.05, 0.1) is 22.1 Å². The van der Waals surface area contributed by atoms with Gasteiger partial charge >= 0.3 is 0 Å². The minimum absolute atomic E-state index is 0.183. The lowest BCUT2D eigenvalue weighted by molar-refractivity contribution is 0.626. The summed E-state index contributed by atoms with van der Waals surface area (Å²) in [7, 11) is 0. The number of nitrogens with zero attached hydrogens (tertiary/aromatic N) is 3. The van der Waals surface area contributed by atoms with E-state index in [1.807, 2.05) is 51.1 Å². The summed E-state index contributed by atoms with van der Waals surface area (Å²) in [6.07, 6.45) is 1.73. The van der Waals surface area contributed by atoms with E-state index in [-0.39, 0.29) is 5.54 Å². The molecule has 3 rings (SSSR count). The first-order valence-electron chi connectivity index (χ1n) is 8.11. The number of pyridine rings is 1. The van der Waals surface area contributed by atoms with E-state index in [1.54, 1.807) is 18.3 Å². The molecule has 1 aromatic carbocycles. The molecule has 2 N–H and O–H groups in total. The van der Waals surface area contributed by atoms with Crippen molar-refractivity contribution in [2.75, 3.05) is 10.6 Å². The van der Waals surface area contributed by atoms with Crippen LogP contribution in [-0.4, -0.2) is 20.5 Å². The van der Waals surface area contributed by atoms with Crippen LogP contribution in [0, 0.1) is 0 Å². The molecule has 5 nitrogen and oxygen atoms in total. The van der Waals surface area contributed by atoms with Gasteiger partial charge in [0.15, 0.2) is 0 Å². The molecule has 2 aromatic heterocycles. The highest BCUT2D eigenvalue weighted by Gasteiger charge is 2.15. The summed E-state index contributed by atoms with van der Waals surface area (Å²) in [5, 5.41) is 7.61. The average Bonchev–Trinajstić information content (AvgIpc) is 2.56. The molecule has 0 radical (unpaired) electrons. The van der Waals surface area contributed by atoms with Gasteiger partial charge in [-0.1, -0.05) is 29.3 Å². The first-order chi connectivity index (χ1) is 12.3. The van der Waals surface area contributed by atoms with Crippen LogP contribution >= 0.6 is 23.2 Å². The molecule has 0 saturated heterocycles. The van der Waals surface area contributed by atoms with Gasteiger partial charge in [-0.2, -0.15) is 4.98 Å². The molecule has 26 heavy (non-hydrogen) atoms. The van der Waals surface area contributed by atoms with E-state index in [9.17, 15) is 0 Å². The minimum atomic E-state index is -0.183. The maximum absolute atomic E-state index is 6.26. The Morgan fingerprint density at radius 2 is 1.73 bits per heavy atom. The highest BCUT2D eigenvalue weighted by molar-refractivity contribution is 6.36. The fourth-order valence-electron chi connectivity index (χ4n) is 2.28. The van der Waals surface area contributed by atoms with Crippen LogP contribution in [0.25, 0.3) is 11.4 Å². The standard InChI is InChI=1S/C19H19Cl2N5/c1-19(2,3)26-18-24-16(15-6-4-5-9-22-15)11-17(25-18)23-14-8-7-12(20)10-13(14)21/h4-11H,1-3H3,(H2,23,24,25,26). The molecular weight excluding hydrogens is 369 g/mol.